The Morgan fingerprint density at radius 3 is 2.45 bits per heavy atom. The molecule has 0 amide bonds. The van der Waals surface area contributed by atoms with Gasteiger partial charge in [0.05, 0.1) is 24.4 Å². The van der Waals surface area contributed by atoms with Crippen LogP contribution in [0.5, 0.6) is 11.5 Å². The third-order valence-corrected chi connectivity index (χ3v) is 3.47. The van der Waals surface area contributed by atoms with Gasteiger partial charge in [0.1, 0.15) is 0 Å². The van der Waals surface area contributed by atoms with Crippen LogP contribution in [0.15, 0.2) is 22.7 Å². The Balaban J connectivity index is 2.66. The van der Waals surface area contributed by atoms with E-state index in [1.165, 1.54) is 25.0 Å². The fourth-order valence-electron chi connectivity index (χ4n) is 1.96. The monoisotopic (exact) mass is 340 g/mol. The molecule has 0 fully saturated rings. The molecule has 0 spiro atoms. The molecule has 2 aromatic rings. The molecule has 6 nitrogen and oxygen atoms in total. The van der Waals surface area contributed by atoms with Crippen molar-refractivity contribution in [2.75, 3.05) is 14.2 Å². The largest absolute Gasteiger partial charge is 0.492 e. The summed E-state index contributed by atoms with van der Waals surface area (Å²) in [7, 11) is 4.75. The number of hydrogen-bond acceptors (Lipinski definition) is 4. The average Bonchev–Trinajstić information content (AvgIpc) is 2.80. The number of aryl methyl sites for hydroxylation is 1. The van der Waals surface area contributed by atoms with E-state index in [0.717, 1.165) is 4.47 Å². The van der Waals surface area contributed by atoms with Crippen LogP contribution in [0, 0.1) is 0 Å². The minimum absolute atomic E-state index is 0.0218. The summed E-state index contributed by atoms with van der Waals surface area (Å²) in [6.45, 7) is 0. The fraction of sp³-hybridized carbons (Fsp3) is 0.231. The number of carbonyl (C=O) groups is 1. The number of carboxylic acids is 1. The molecular formula is C13H13BrN2O4. The molecule has 1 N–H and O–H groups in total. The number of carboxylic acid groups (broad SMARTS) is 1. The number of benzene rings is 1. The summed E-state index contributed by atoms with van der Waals surface area (Å²) in [5.74, 6) is -0.0141. The number of halogens is 1. The van der Waals surface area contributed by atoms with Gasteiger partial charge >= 0.3 is 5.97 Å². The lowest BCUT2D eigenvalue weighted by Gasteiger charge is -2.14. The molecule has 0 bridgehead atoms. The van der Waals surface area contributed by atoms with E-state index in [2.05, 4.69) is 21.0 Å². The zero-order valence-corrected chi connectivity index (χ0v) is 12.8. The lowest BCUT2D eigenvalue weighted by atomic mass is 10.1. The minimum Gasteiger partial charge on any atom is -0.492 e. The third-order valence-electron chi connectivity index (χ3n) is 2.85. The van der Waals surface area contributed by atoms with E-state index < -0.39 is 5.97 Å². The molecule has 1 aromatic heterocycles. The van der Waals surface area contributed by atoms with Crippen LogP contribution >= 0.6 is 15.9 Å². The Labute approximate surface area is 124 Å². The first kappa shape index (κ1) is 14.4. The highest BCUT2D eigenvalue weighted by Crippen LogP contribution is 2.42. The molecule has 106 valence electrons. The van der Waals surface area contributed by atoms with Gasteiger partial charge in [0, 0.05) is 12.6 Å². The second-order valence-electron chi connectivity index (χ2n) is 4.01. The SMILES string of the molecule is COc1c(Br)ccc(-c2cc(C(=O)O)nn2C)c1OC. The highest BCUT2D eigenvalue weighted by Gasteiger charge is 2.19. The van der Waals surface area contributed by atoms with Crippen molar-refractivity contribution in [3.8, 4) is 22.8 Å². The first-order valence-corrected chi connectivity index (χ1v) is 6.47. The second-order valence-corrected chi connectivity index (χ2v) is 4.86. The van der Waals surface area contributed by atoms with Crippen LogP contribution < -0.4 is 9.47 Å². The molecule has 7 heteroatoms. The molecule has 0 unspecified atom stereocenters. The van der Waals surface area contributed by atoms with E-state index in [4.69, 9.17) is 14.6 Å². The Bertz CT molecular complexity index is 667. The summed E-state index contributed by atoms with van der Waals surface area (Å²) >= 11 is 3.38. The molecule has 20 heavy (non-hydrogen) atoms. The number of methoxy groups -OCH3 is 2. The molecule has 1 heterocycles. The standard InChI is InChI=1S/C13H13BrN2O4/c1-16-10(6-9(15-16)13(17)18)7-4-5-8(14)12(20-3)11(7)19-2/h4-6H,1-3H3,(H,17,18). The number of aromatic carboxylic acids is 1. The predicted octanol–water partition coefficient (Wildman–Crippen LogP) is 2.57. The van der Waals surface area contributed by atoms with E-state index in [1.54, 1.807) is 7.05 Å². The zero-order valence-electron chi connectivity index (χ0n) is 11.2. The summed E-state index contributed by atoms with van der Waals surface area (Å²) in [5.41, 5.74) is 1.31. The van der Waals surface area contributed by atoms with Crippen LogP contribution in [0.3, 0.4) is 0 Å². The van der Waals surface area contributed by atoms with Crippen molar-refractivity contribution in [1.29, 1.82) is 0 Å². The van der Waals surface area contributed by atoms with Crippen molar-refractivity contribution < 1.29 is 19.4 Å². The van der Waals surface area contributed by atoms with Gasteiger partial charge in [-0.3, -0.25) is 4.68 Å². The van der Waals surface area contributed by atoms with Crippen molar-refractivity contribution in [2.24, 2.45) is 7.05 Å². The van der Waals surface area contributed by atoms with Gasteiger partial charge in [-0.15, -0.1) is 0 Å². The van der Waals surface area contributed by atoms with E-state index in [0.29, 0.717) is 22.8 Å². The van der Waals surface area contributed by atoms with Crippen LogP contribution in [0.1, 0.15) is 10.5 Å². The molecule has 0 aliphatic rings. The van der Waals surface area contributed by atoms with Crippen molar-refractivity contribution in [3.63, 3.8) is 0 Å². The molecule has 0 saturated heterocycles. The van der Waals surface area contributed by atoms with Crippen molar-refractivity contribution in [1.82, 2.24) is 9.78 Å². The van der Waals surface area contributed by atoms with Crippen molar-refractivity contribution in [2.45, 2.75) is 0 Å². The predicted molar refractivity (Wildman–Crippen MR) is 76.4 cm³/mol. The Morgan fingerprint density at radius 2 is 1.95 bits per heavy atom. The minimum atomic E-state index is -1.07. The molecule has 0 radical (unpaired) electrons. The quantitative estimate of drug-likeness (QED) is 0.925. The molecule has 0 saturated carbocycles. The highest BCUT2D eigenvalue weighted by molar-refractivity contribution is 9.10. The molecule has 0 aliphatic heterocycles. The van der Waals surface area contributed by atoms with Crippen molar-refractivity contribution >= 4 is 21.9 Å². The smallest absolute Gasteiger partial charge is 0.356 e. The normalized spacial score (nSPS) is 10.4. The highest BCUT2D eigenvalue weighted by atomic mass is 79.9. The zero-order chi connectivity index (χ0) is 14.9. The molecule has 2 rings (SSSR count). The first-order valence-electron chi connectivity index (χ1n) is 5.67. The molecule has 0 aliphatic carbocycles. The Morgan fingerprint density at radius 1 is 1.30 bits per heavy atom. The maximum Gasteiger partial charge on any atom is 0.356 e. The average molecular weight is 341 g/mol. The second kappa shape index (κ2) is 5.54. The van der Waals surface area contributed by atoms with Gasteiger partial charge in [-0.05, 0) is 34.1 Å². The van der Waals surface area contributed by atoms with Gasteiger partial charge in [-0.2, -0.15) is 5.10 Å². The van der Waals surface area contributed by atoms with Gasteiger partial charge in [0.15, 0.2) is 17.2 Å². The number of aromatic nitrogens is 2. The van der Waals surface area contributed by atoms with Crippen LogP contribution in [0.2, 0.25) is 0 Å². The number of hydrogen-bond donors (Lipinski definition) is 1. The van der Waals surface area contributed by atoms with Crippen LogP contribution in [0.4, 0.5) is 0 Å². The fourth-order valence-corrected chi connectivity index (χ4v) is 2.43. The van der Waals surface area contributed by atoms with Gasteiger partial charge < -0.3 is 14.6 Å². The number of ether oxygens (including phenoxy) is 2. The van der Waals surface area contributed by atoms with E-state index in [-0.39, 0.29) is 5.69 Å². The molecule has 0 atom stereocenters. The van der Waals surface area contributed by atoms with Crippen LogP contribution in [0.25, 0.3) is 11.3 Å². The van der Waals surface area contributed by atoms with E-state index in [9.17, 15) is 4.79 Å². The third kappa shape index (κ3) is 2.36. The van der Waals surface area contributed by atoms with Gasteiger partial charge in [-0.25, -0.2) is 4.79 Å². The number of nitrogens with zero attached hydrogens (tertiary/aromatic N) is 2. The number of rotatable bonds is 4. The summed E-state index contributed by atoms with van der Waals surface area (Å²) in [5, 5.41) is 13.0. The lowest BCUT2D eigenvalue weighted by Crippen LogP contribution is -2.00. The summed E-state index contributed by atoms with van der Waals surface area (Å²) in [4.78, 5) is 11.0. The maximum atomic E-state index is 11.0. The Hall–Kier alpha value is -2.02. The topological polar surface area (TPSA) is 73.6 Å². The van der Waals surface area contributed by atoms with Crippen LogP contribution in [-0.2, 0) is 7.05 Å². The molecular weight excluding hydrogens is 328 g/mol. The summed E-state index contributed by atoms with van der Waals surface area (Å²) < 4.78 is 12.9. The molecule has 1 aromatic carbocycles. The van der Waals surface area contributed by atoms with Crippen LogP contribution in [-0.4, -0.2) is 35.1 Å². The first-order chi connectivity index (χ1) is 9.49. The van der Waals surface area contributed by atoms with Gasteiger partial charge in [-0.1, -0.05) is 0 Å². The maximum absolute atomic E-state index is 11.0. The van der Waals surface area contributed by atoms with Crippen molar-refractivity contribution in [3.05, 3.63) is 28.4 Å². The summed E-state index contributed by atoms with van der Waals surface area (Å²) in [6.07, 6.45) is 0. The van der Waals surface area contributed by atoms with E-state index in [1.807, 2.05) is 12.1 Å². The summed E-state index contributed by atoms with van der Waals surface area (Å²) in [6, 6.07) is 5.12. The Kier molecular flexibility index (Phi) is 3.99. The van der Waals surface area contributed by atoms with E-state index >= 15 is 0 Å². The van der Waals surface area contributed by atoms with Gasteiger partial charge in [0.2, 0.25) is 0 Å². The lowest BCUT2D eigenvalue weighted by molar-refractivity contribution is 0.0689. The van der Waals surface area contributed by atoms with Gasteiger partial charge in [0.25, 0.3) is 0 Å².